The van der Waals surface area contributed by atoms with Gasteiger partial charge in [0.15, 0.2) is 0 Å². The molecule has 6 heteroatoms. The standard InChI is InChI=1S/C14H23N3OS2/c1-3-19-13-7-5-4-6-12(13)17-14(18)16-9-11-8-15-10(2)20-11/h8,12-13H,3-7,9H2,1-2H3,(H2,16,17,18)/t12-,13+/m1/s1. The van der Waals surface area contributed by atoms with Crippen molar-refractivity contribution in [2.45, 2.75) is 57.4 Å². The van der Waals surface area contributed by atoms with Crippen molar-refractivity contribution in [2.24, 2.45) is 0 Å². The van der Waals surface area contributed by atoms with Crippen molar-refractivity contribution in [1.29, 1.82) is 0 Å². The van der Waals surface area contributed by atoms with Crippen LogP contribution in [-0.4, -0.2) is 28.1 Å². The van der Waals surface area contributed by atoms with E-state index in [0.717, 1.165) is 22.1 Å². The Kier molecular flexibility index (Phi) is 6.16. The maximum Gasteiger partial charge on any atom is 0.315 e. The fraction of sp³-hybridized carbons (Fsp3) is 0.714. The molecule has 2 atom stereocenters. The van der Waals surface area contributed by atoms with Gasteiger partial charge in [-0.05, 0) is 25.5 Å². The zero-order valence-electron chi connectivity index (χ0n) is 12.1. The van der Waals surface area contributed by atoms with Crippen LogP contribution >= 0.6 is 23.1 Å². The van der Waals surface area contributed by atoms with Crippen LogP contribution in [0.5, 0.6) is 0 Å². The van der Waals surface area contributed by atoms with Gasteiger partial charge in [-0.1, -0.05) is 19.8 Å². The Hall–Kier alpha value is -0.750. The van der Waals surface area contributed by atoms with Gasteiger partial charge < -0.3 is 10.6 Å². The van der Waals surface area contributed by atoms with Crippen LogP contribution in [0.1, 0.15) is 42.5 Å². The smallest absolute Gasteiger partial charge is 0.315 e. The summed E-state index contributed by atoms with van der Waals surface area (Å²) in [7, 11) is 0. The number of nitrogens with one attached hydrogen (secondary N) is 2. The maximum atomic E-state index is 12.0. The number of hydrogen-bond acceptors (Lipinski definition) is 4. The number of nitrogens with zero attached hydrogens (tertiary/aromatic N) is 1. The summed E-state index contributed by atoms with van der Waals surface area (Å²) in [4.78, 5) is 17.3. The summed E-state index contributed by atoms with van der Waals surface area (Å²) in [5.74, 6) is 1.12. The molecule has 20 heavy (non-hydrogen) atoms. The van der Waals surface area contributed by atoms with Gasteiger partial charge in [0.1, 0.15) is 0 Å². The minimum absolute atomic E-state index is 0.0512. The molecular formula is C14H23N3OS2. The van der Waals surface area contributed by atoms with Crippen molar-refractivity contribution in [1.82, 2.24) is 15.6 Å². The molecule has 1 aliphatic carbocycles. The molecule has 0 radical (unpaired) electrons. The summed E-state index contributed by atoms with van der Waals surface area (Å²) in [5.41, 5.74) is 0. The van der Waals surface area contributed by atoms with Crippen LogP contribution in [0, 0.1) is 6.92 Å². The zero-order chi connectivity index (χ0) is 14.4. The first-order valence-corrected chi connectivity index (χ1v) is 9.13. The van der Waals surface area contributed by atoms with Crippen molar-refractivity contribution >= 4 is 29.1 Å². The van der Waals surface area contributed by atoms with Gasteiger partial charge in [-0.3, -0.25) is 0 Å². The minimum Gasteiger partial charge on any atom is -0.334 e. The van der Waals surface area contributed by atoms with Crippen LogP contribution in [0.25, 0.3) is 0 Å². The molecule has 1 aromatic heterocycles. The summed E-state index contributed by atoms with van der Waals surface area (Å²) in [5, 5.41) is 7.69. The molecule has 0 aromatic carbocycles. The fourth-order valence-electron chi connectivity index (χ4n) is 2.55. The molecular weight excluding hydrogens is 290 g/mol. The van der Waals surface area contributed by atoms with E-state index in [-0.39, 0.29) is 6.03 Å². The van der Waals surface area contributed by atoms with Gasteiger partial charge in [-0.25, -0.2) is 9.78 Å². The second-order valence-electron chi connectivity index (χ2n) is 5.06. The van der Waals surface area contributed by atoms with E-state index in [2.05, 4.69) is 22.5 Å². The van der Waals surface area contributed by atoms with Crippen LogP contribution in [0.15, 0.2) is 6.20 Å². The molecule has 0 spiro atoms. The Morgan fingerprint density at radius 1 is 1.50 bits per heavy atom. The van der Waals surface area contributed by atoms with E-state index in [4.69, 9.17) is 0 Å². The SMILES string of the molecule is CCS[C@H]1CCCC[C@H]1NC(=O)NCc1cnc(C)s1. The Balaban J connectivity index is 1.77. The van der Waals surface area contributed by atoms with Gasteiger partial charge in [0, 0.05) is 22.4 Å². The van der Waals surface area contributed by atoms with Crippen molar-refractivity contribution in [3.63, 3.8) is 0 Å². The van der Waals surface area contributed by atoms with E-state index in [0.29, 0.717) is 17.8 Å². The highest BCUT2D eigenvalue weighted by molar-refractivity contribution is 7.99. The number of rotatable bonds is 5. The van der Waals surface area contributed by atoms with Crippen molar-refractivity contribution in [3.05, 3.63) is 16.1 Å². The number of aromatic nitrogens is 1. The van der Waals surface area contributed by atoms with Gasteiger partial charge in [-0.15, -0.1) is 11.3 Å². The third-order valence-electron chi connectivity index (χ3n) is 3.49. The lowest BCUT2D eigenvalue weighted by Gasteiger charge is -2.31. The molecule has 0 saturated heterocycles. The van der Waals surface area contributed by atoms with E-state index < -0.39 is 0 Å². The Labute approximate surface area is 129 Å². The molecule has 112 valence electrons. The highest BCUT2D eigenvalue weighted by Crippen LogP contribution is 2.28. The fourth-order valence-corrected chi connectivity index (χ4v) is 4.48. The molecule has 1 aromatic rings. The maximum absolute atomic E-state index is 12.0. The van der Waals surface area contributed by atoms with E-state index >= 15 is 0 Å². The first-order valence-electron chi connectivity index (χ1n) is 7.26. The molecule has 2 N–H and O–H groups in total. The number of aryl methyl sites for hydroxylation is 1. The average Bonchev–Trinajstić information content (AvgIpc) is 2.85. The van der Waals surface area contributed by atoms with E-state index in [1.165, 1.54) is 19.3 Å². The van der Waals surface area contributed by atoms with E-state index in [9.17, 15) is 4.79 Å². The number of thioether (sulfide) groups is 1. The Morgan fingerprint density at radius 2 is 2.30 bits per heavy atom. The average molecular weight is 313 g/mol. The molecule has 1 fully saturated rings. The lowest BCUT2D eigenvalue weighted by molar-refractivity contribution is 0.233. The van der Waals surface area contributed by atoms with Crippen LogP contribution < -0.4 is 10.6 Å². The number of urea groups is 1. The van der Waals surface area contributed by atoms with Crippen molar-refractivity contribution < 1.29 is 4.79 Å². The predicted octanol–water partition coefficient (Wildman–Crippen LogP) is 3.32. The Morgan fingerprint density at radius 3 is 3.00 bits per heavy atom. The van der Waals surface area contributed by atoms with Crippen molar-refractivity contribution in [3.8, 4) is 0 Å². The van der Waals surface area contributed by atoms with Crippen molar-refractivity contribution in [2.75, 3.05) is 5.75 Å². The third kappa shape index (κ3) is 4.66. The largest absolute Gasteiger partial charge is 0.334 e. The monoisotopic (exact) mass is 313 g/mol. The zero-order valence-corrected chi connectivity index (χ0v) is 13.8. The van der Waals surface area contributed by atoms with Crippen LogP contribution in [0.2, 0.25) is 0 Å². The van der Waals surface area contributed by atoms with E-state index in [1.807, 2.05) is 24.9 Å². The molecule has 0 unspecified atom stereocenters. The van der Waals surface area contributed by atoms with Crippen LogP contribution in [-0.2, 0) is 6.54 Å². The lowest BCUT2D eigenvalue weighted by atomic mass is 9.95. The molecule has 1 aliphatic rings. The van der Waals surface area contributed by atoms with E-state index in [1.54, 1.807) is 11.3 Å². The summed E-state index contributed by atoms with van der Waals surface area (Å²) in [6, 6.07) is 0.265. The normalized spacial score (nSPS) is 22.5. The second-order valence-corrected chi connectivity index (χ2v) is 7.89. The molecule has 0 bridgehead atoms. The molecule has 4 nitrogen and oxygen atoms in total. The molecule has 2 rings (SSSR count). The minimum atomic E-state index is -0.0512. The molecule has 2 amide bonds. The highest BCUT2D eigenvalue weighted by Gasteiger charge is 2.26. The second kappa shape index (κ2) is 7.88. The number of thiazole rings is 1. The third-order valence-corrected chi connectivity index (χ3v) is 5.73. The first kappa shape index (κ1) is 15.6. The van der Waals surface area contributed by atoms with Crippen LogP contribution in [0.3, 0.4) is 0 Å². The number of amides is 2. The number of hydrogen-bond donors (Lipinski definition) is 2. The number of carbonyl (C=O) groups excluding carboxylic acids is 1. The predicted molar refractivity (Wildman–Crippen MR) is 86.4 cm³/mol. The molecule has 1 heterocycles. The van der Waals surface area contributed by atoms with Gasteiger partial charge in [0.2, 0.25) is 0 Å². The summed E-state index contributed by atoms with van der Waals surface area (Å²) < 4.78 is 0. The summed E-state index contributed by atoms with van der Waals surface area (Å²) >= 11 is 3.60. The van der Waals surface area contributed by atoms with Gasteiger partial charge in [-0.2, -0.15) is 11.8 Å². The van der Waals surface area contributed by atoms with Gasteiger partial charge in [0.05, 0.1) is 11.6 Å². The summed E-state index contributed by atoms with van der Waals surface area (Å²) in [6.45, 7) is 4.72. The van der Waals surface area contributed by atoms with Crippen LogP contribution in [0.4, 0.5) is 4.79 Å². The topological polar surface area (TPSA) is 54.0 Å². The quantitative estimate of drug-likeness (QED) is 0.877. The highest BCUT2D eigenvalue weighted by atomic mass is 32.2. The Bertz CT molecular complexity index is 434. The summed E-state index contributed by atoms with van der Waals surface area (Å²) in [6.07, 6.45) is 6.66. The molecule has 0 aliphatic heterocycles. The molecule has 1 saturated carbocycles. The van der Waals surface area contributed by atoms with Gasteiger partial charge >= 0.3 is 6.03 Å². The first-order chi connectivity index (χ1) is 9.69. The number of carbonyl (C=O) groups is 1. The van der Waals surface area contributed by atoms with Gasteiger partial charge in [0.25, 0.3) is 0 Å². The lowest BCUT2D eigenvalue weighted by Crippen LogP contribution is -2.47.